The fourth-order valence-corrected chi connectivity index (χ4v) is 2.86. The Labute approximate surface area is 120 Å². The first kappa shape index (κ1) is 13.8. The summed E-state index contributed by atoms with van der Waals surface area (Å²) in [6.45, 7) is 4.00. The number of nitrogens with one attached hydrogen (secondary N) is 2. The molecule has 1 fully saturated rings. The molecule has 18 heavy (non-hydrogen) atoms. The second-order valence-corrected chi connectivity index (χ2v) is 6.00. The average Bonchev–Trinajstić information content (AvgIpc) is 2.32. The van der Waals surface area contributed by atoms with Gasteiger partial charge >= 0.3 is 0 Å². The third-order valence-electron chi connectivity index (χ3n) is 3.32. The molecule has 0 aromatic heterocycles. The van der Waals surface area contributed by atoms with Crippen molar-refractivity contribution in [2.75, 3.05) is 13.1 Å². The number of carbonyl (C=O) groups is 1. The molecule has 5 heteroatoms. The highest BCUT2D eigenvalue weighted by atomic mass is 79.9. The second kappa shape index (κ2) is 6.04. The highest BCUT2D eigenvalue weighted by Gasteiger charge is 2.23. The lowest BCUT2D eigenvalue weighted by molar-refractivity contribution is 0.0915. The molecule has 2 unspecified atom stereocenters. The van der Waals surface area contributed by atoms with Crippen molar-refractivity contribution in [1.82, 2.24) is 10.6 Å². The summed E-state index contributed by atoms with van der Waals surface area (Å²) < 4.78 is 0.872. The Bertz CT molecular complexity index is 453. The Hall–Kier alpha value is -0.580. The van der Waals surface area contributed by atoms with E-state index in [1.807, 2.05) is 6.07 Å². The average molecular weight is 332 g/mol. The maximum absolute atomic E-state index is 12.2. The molecule has 0 saturated carbocycles. The zero-order valence-corrected chi connectivity index (χ0v) is 12.5. The predicted octanol–water partition coefficient (Wildman–Crippen LogP) is 2.83. The molecule has 1 aromatic rings. The number of benzene rings is 1. The Morgan fingerprint density at radius 2 is 2.33 bits per heavy atom. The van der Waals surface area contributed by atoms with Crippen molar-refractivity contribution in [3.63, 3.8) is 0 Å². The van der Waals surface area contributed by atoms with E-state index >= 15 is 0 Å². The quantitative estimate of drug-likeness (QED) is 0.875. The highest BCUT2D eigenvalue weighted by Crippen LogP contribution is 2.22. The molecule has 1 amide bonds. The van der Waals surface area contributed by atoms with Crippen molar-refractivity contribution in [1.29, 1.82) is 0 Å². The zero-order valence-electron chi connectivity index (χ0n) is 10.2. The summed E-state index contributed by atoms with van der Waals surface area (Å²) in [5.74, 6) is 0.387. The largest absolute Gasteiger partial charge is 0.348 e. The van der Waals surface area contributed by atoms with Crippen LogP contribution in [0.2, 0.25) is 5.02 Å². The molecule has 1 aliphatic rings. The van der Waals surface area contributed by atoms with Gasteiger partial charge in [-0.1, -0.05) is 34.5 Å². The van der Waals surface area contributed by atoms with Crippen LogP contribution in [0.1, 0.15) is 23.7 Å². The van der Waals surface area contributed by atoms with Crippen LogP contribution in [0.4, 0.5) is 0 Å². The van der Waals surface area contributed by atoms with E-state index in [0.29, 0.717) is 16.5 Å². The van der Waals surface area contributed by atoms with Crippen LogP contribution in [0.3, 0.4) is 0 Å². The van der Waals surface area contributed by atoms with Crippen molar-refractivity contribution in [2.45, 2.75) is 19.4 Å². The molecular weight excluding hydrogens is 316 g/mol. The van der Waals surface area contributed by atoms with Gasteiger partial charge in [0.1, 0.15) is 0 Å². The van der Waals surface area contributed by atoms with Gasteiger partial charge in [-0.3, -0.25) is 4.79 Å². The Kier molecular flexibility index (Phi) is 4.65. The van der Waals surface area contributed by atoms with Gasteiger partial charge in [0.2, 0.25) is 0 Å². The maximum Gasteiger partial charge on any atom is 0.253 e. The van der Waals surface area contributed by atoms with E-state index in [0.717, 1.165) is 24.0 Å². The number of halogens is 2. The summed E-state index contributed by atoms with van der Waals surface area (Å²) in [5.41, 5.74) is 0.526. The van der Waals surface area contributed by atoms with Crippen LogP contribution in [-0.4, -0.2) is 25.0 Å². The van der Waals surface area contributed by atoms with Gasteiger partial charge in [0.05, 0.1) is 10.6 Å². The summed E-state index contributed by atoms with van der Waals surface area (Å²) >= 11 is 9.40. The molecule has 1 aliphatic heterocycles. The third kappa shape index (κ3) is 3.25. The molecule has 98 valence electrons. The molecule has 2 rings (SSSR count). The normalized spacial score (nSPS) is 23.7. The van der Waals surface area contributed by atoms with Gasteiger partial charge in [-0.15, -0.1) is 0 Å². The Morgan fingerprint density at radius 1 is 1.56 bits per heavy atom. The van der Waals surface area contributed by atoms with E-state index in [-0.39, 0.29) is 11.9 Å². The highest BCUT2D eigenvalue weighted by molar-refractivity contribution is 9.10. The molecule has 1 aromatic carbocycles. The zero-order chi connectivity index (χ0) is 13.1. The molecule has 1 saturated heterocycles. The molecule has 2 N–H and O–H groups in total. The van der Waals surface area contributed by atoms with E-state index in [1.54, 1.807) is 12.1 Å². The molecule has 0 aliphatic carbocycles. The van der Waals surface area contributed by atoms with Gasteiger partial charge < -0.3 is 10.6 Å². The Balaban J connectivity index is 2.07. The number of carbonyl (C=O) groups excluding carboxylic acids is 1. The number of hydrogen-bond donors (Lipinski definition) is 2. The smallest absolute Gasteiger partial charge is 0.253 e. The van der Waals surface area contributed by atoms with E-state index in [4.69, 9.17) is 11.6 Å². The minimum absolute atomic E-state index is 0.104. The van der Waals surface area contributed by atoms with Gasteiger partial charge in [-0.2, -0.15) is 0 Å². The molecule has 1 heterocycles. The lowest BCUT2D eigenvalue weighted by Crippen LogP contribution is -2.50. The van der Waals surface area contributed by atoms with Gasteiger partial charge in [0, 0.05) is 17.1 Å². The monoisotopic (exact) mass is 330 g/mol. The first-order chi connectivity index (χ1) is 8.58. The molecular formula is C13H16BrClN2O. The standard InChI is InChI=1S/C13H16BrClN2O/c1-8-4-5-16-7-12(8)17-13(18)10-3-2-9(14)6-11(10)15/h2-3,6,8,12,16H,4-5,7H2,1H3,(H,17,18). The molecule has 0 bridgehead atoms. The van der Waals surface area contributed by atoms with E-state index < -0.39 is 0 Å². The van der Waals surface area contributed by atoms with Crippen LogP contribution in [-0.2, 0) is 0 Å². The summed E-state index contributed by atoms with van der Waals surface area (Å²) in [5, 5.41) is 6.81. The fraction of sp³-hybridized carbons (Fsp3) is 0.462. The molecule has 0 radical (unpaired) electrons. The van der Waals surface area contributed by atoms with Crippen molar-refractivity contribution < 1.29 is 4.79 Å². The molecule has 2 atom stereocenters. The predicted molar refractivity (Wildman–Crippen MR) is 77.1 cm³/mol. The number of hydrogen-bond acceptors (Lipinski definition) is 2. The Morgan fingerprint density at radius 3 is 3.00 bits per heavy atom. The van der Waals surface area contributed by atoms with Crippen molar-refractivity contribution >= 4 is 33.4 Å². The lowest BCUT2D eigenvalue weighted by atomic mass is 9.94. The van der Waals surface area contributed by atoms with E-state index in [1.165, 1.54) is 0 Å². The summed E-state index contributed by atoms with van der Waals surface area (Å²) in [6.07, 6.45) is 1.08. The lowest BCUT2D eigenvalue weighted by Gasteiger charge is -2.30. The van der Waals surface area contributed by atoms with Crippen molar-refractivity contribution in [3.8, 4) is 0 Å². The number of amides is 1. The van der Waals surface area contributed by atoms with E-state index in [2.05, 4.69) is 33.5 Å². The maximum atomic E-state index is 12.2. The van der Waals surface area contributed by atoms with Crippen LogP contribution in [0.15, 0.2) is 22.7 Å². The number of piperidine rings is 1. The summed E-state index contributed by atoms with van der Waals surface area (Å²) in [4.78, 5) is 12.2. The molecule has 0 spiro atoms. The van der Waals surface area contributed by atoms with Crippen LogP contribution in [0.5, 0.6) is 0 Å². The second-order valence-electron chi connectivity index (χ2n) is 4.67. The van der Waals surface area contributed by atoms with Crippen LogP contribution < -0.4 is 10.6 Å². The van der Waals surface area contributed by atoms with E-state index in [9.17, 15) is 4.79 Å². The third-order valence-corrected chi connectivity index (χ3v) is 4.13. The van der Waals surface area contributed by atoms with Crippen LogP contribution in [0, 0.1) is 5.92 Å². The summed E-state index contributed by atoms with van der Waals surface area (Å²) in [6, 6.07) is 5.47. The first-order valence-corrected chi connectivity index (χ1v) is 7.21. The van der Waals surface area contributed by atoms with Gasteiger partial charge in [-0.05, 0) is 37.1 Å². The fourth-order valence-electron chi connectivity index (χ4n) is 2.10. The van der Waals surface area contributed by atoms with Gasteiger partial charge in [-0.25, -0.2) is 0 Å². The van der Waals surface area contributed by atoms with Gasteiger partial charge in [0.15, 0.2) is 0 Å². The molecule has 3 nitrogen and oxygen atoms in total. The number of rotatable bonds is 2. The van der Waals surface area contributed by atoms with Crippen LogP contribution in [0.25, 0.3) is 0 Å². The van der Waals surface area contributed by atoms with Crippen molar-refractivity contribution in [2.24, 2.45) is 5.92 Å². The minimum Gasteiger partial charge on any atom is -0.348 e. The first-order valence-electron chi connectivity index (χ1n) is 6.04. The topological polar surface area (TPSA) is 41.1 Å². The minimum atomic E-state index is -0.104. The summed E-state index contributed by atoms with van der Waals surface area (Å²) in [7, 11) is 0. The van der Waals surface area contributed by atoms with Crippen LogP contribution >= 0.6 is 27.5 Å². The van der Waals surface area contributed by atoms with Crippen molar-refractivity contribution in [3.05, 3.63) is 33.3 Å². The van der Waals surface area contributed by atoms with Gasteiger partial charge in [0.25, 0.3) is 5.91 Å². The SMILES string of the molecule is CC1CCNCC1NC(=O)c1ccc(Br)cc1Cl.